The maximum atomic E-state index is 11.8. The van der Waals surface area contributed by atoms with Crippen LogP contribution in [0.4, 0.5) is 0 Å². The van der Waals surface area contributed by atoms with Gasteiger partial charge in [-0.1, -0.05) is 18.2 Å². The third kappa shape index (κ3) is 7.46. The van der Waals surface area contributed by atoms with Crippen molar-refractivity contribution >= 4 is 11.9 Å². The second kappa shape index (κ2) is 12.6. The van der Waals surface area contributed by atoms with Crippen LogP contribution in [0, 0.1) is 0 Å². The fourth-order valence-electron chi connectivity index (χ4n) is 3.00. The average Bonchev–Trinajstić information content (AvgIpc) is 2.79. The lowest BCUT2D eigenvalue weighted by Gasteiger charge is -2.17. The molecule has 2 aromatic carbocycles. The van der Waals surface area contributed by atoms with Crippen molar-refractivity contribution < 1.29 is 24.1 Å². The molecular formula is C24H33N3O5. The molecule has 0 saturated heterocycles. The first kappa shape index (κ1) is 25.0. The van der Waals surface area contributed by atoms with Crippen LogP contribution in [0.15, 0.2) is 47.5 Å². The van der Waals surface area contributed by atoms with E-state index in [9.17, 15) is 9.90 Å². The third-order valence-corrected chi connectivity index (χ3v) is 4.51. The van der Waals surface area contributed by atoms with E-state index in [2.05, 4.69) is 15.6 Å². The predicted molar refractivity (Wildman–Crippen MR) is 124 cm³/mol. The molecule has 0 bridgehead atoms. The molecule has 1 atom stereocenters. The summed E-state index contributed by atoms with van der Waals surface area (Å²) in [5, 5.41) is 16.9. The molecule has 3 N–H and O–H groups in total. The Balaban J connectivity index is 2.05. The average molecular weight is 444 g/mol. The van der Waals surface area contributed by atoms with E-state index in [-0.39, 0.29) is 12.6 Å². The lowest BCUT2D eigenvalue weighted by molar-refractivity contribution is 0.0597. The topological polar surface area (TPSA) is 101 Å². The molecule has 32 heavy (non-hydrogen) atoms. The summed E-state index contributed by atoms with van der Waals surface area (Å²) in [6.45, 7) is 7.20. The number of aliphatic imine (C=N–C) groups is 1. The smallest absolute Gasteiger partial charge is 0.341 e. The highest BCUT2D eigenvalue weighted by Crippen LogP contribution is 2.22. The summed E-state index contributed by atoms with van der Waals surface area (Å²) in [6.07, 6.45) is -0.665. The van der Waals surface area contributed by atoms with E-state index in [4.69, 9.17) is 14.2 Å². The van der Waals surface area contributed by atoms with Gasteiger partial charge in [0.1, 0.15) is 17.1 Å². The van der Waals surface area contributed by atoms with E-state index in [0.29, 0.717) is 30.4 Å². The fraction of sp³-hybridized carbons (Fsp3) is 0.417. The van der Waals surface area contributed by atoms with Crippen molar-refractivity contribution in [3.05, 3.63) is 59.2 Å². The number of hydrogen-bond donors (Lipinski definition) is 3. The highest BCUT2D eigenvalue weighted by atomic mass is 16.5. The molecule has 0 aliphatic carbocycles. The molecule has 2 aromatic rings. The monoisotopic (exact) mass is 443 g/mol. The van der Waals surface area contributed by atoms with Crippen molar-refractivity contribution in [1.82, 2.24) is 10.6 Å². The van der Waals surface area contributed by atoms with E-state index in [1.807, 2.05) is 45.0 Å². The highest BCUT2D eigenvalue weighted by Gasteiger charge is 2.13. The number of methoxy groups -OCH3 is 2. The normalized spacial score (nSPS) is 12.3. The summed E-state index contributed by atoms with van der Waals surface area (Å²) >= 11 is 0. The number of guanidine groups is 1. The number of aliphatic hydroxyl groups is 1. The van der Waals surface area contributed by atoms with Gasteiger partial charge in [-0.25, -0.2) is 9.79 Å². The zero-order valence-corrected chi connectivity index (χ0v) is 19.3. The van der Waals surface area contributed by atoms with Crippen molar-refractivity contribution in [2.45, 2.75) is 39.5 Å². The number of ether oxygens (including phenoxy) is 3. The predicted octanol–water partition coefficient (Wildman–Crippen LogP) is 3.06. The molecule has 0 radical (unpaired) electrons. The van der Waals surface area contributed by atoms with Gasteiger partial charge in [-0.3, -0.25) is 0 Å². The first-order valence-electron chi connectivity index (χ1n) is 10.6. The molecule has 0 saturated carbocycles. The maximum absolute atomic E-state index is 11.8. The molecule has 174 valence electrons. The first-order chi connectivity index (χ1) is 15.4. The molecule has 8 heteroatoms. The number of nitrogens with one attached hydrogen (secondary N) is 2. The van der Waals surface area contributed by atoms with Crippen LogP contribution in [0.1, 0.15) is 48.4 Å². The van der Waals surface area contributed by atoms with E-state index >= 15 is 0 Å². The van der Waals surface area contributed by atoms with E-state index in [0.717, 1.165) is 16.9 Å². The molecule has 8 nitrogen and oxygen atoms in total. The maximum Gasteiger partial charge on any atom is 0.341 e. The molecule has 0 aliphatic rings. The van der Waals surface area contributed by atoms with E-state index in [1.165, 1.54) is 14.2 Å². The number of carbonyl (C=O) groups excluding carboxylic acids is 1. The van der Waals surface area contributed by atoms with Crippen molar-refractivity contribution in [3.63, 3.8) is 0 Å². The summed E-state index contributed by atoms with van der Waals surface area (Å²) in [7, 11) is 2.83. The Hall–Kier alpha value is -3.26. The Labute approximate surface area is 189 Å². The van der Waals surface area contributed by atoms with Gasteiger partial charge in [0.2, 0.25) is 0 Å². The van der Waals surface area contributed by atoms with Crippen LogP contribution in [0.2, 0.25) is 0 Å². The fourth-order valence-corrected chi connectivity index (χ4v) is 3.00. The number of benzene rings is 2. The second-order valence-electron chi connectivity index (χ2n) is 7.36. The largest absolute Gasteiger partial charge is 0.496 e. The molecule has 0 aliphatic heterocycles. The number of rotatable bonds is 10. The Bertz CT molecular complexity index is 914. The lowest BCUT2D eigenvalue weighted by atomic mass is 10.1. The number of nitrogens with zero attached hydrogens (tertiary/aromatic N) is 1. The van der Waals surface area contributed by atoms with Crippen LogP contribution < -0.4 is 20.1 Å². The van der Waals surface area contributed by atoms with Crippen LogP contribution >= 0.6 is 0 Å². The Morgan fingerprint density at radius 1 is 1.12 bits per heavy atom. The minimum atomic E-state index is -0.728. The van der Waals surface area contributed by atoms with Gasteiger partial charge in [-0.15, -0.1) is 0 Å². The van der Waals surface area contributed by atoms with Gasteiger partial charge in [0, 0.05) is 13.1 Å². The molecular weight excluding hydrogens is 410 g/mol. The molecule has 0 spiro atoms. The third-order valence-electron chi connectivity index (χ3n) is 4.51. The molecule has 1 unspecified atom stereocenters. The van der Waals surface area contributed by atoms with Crippen LogP contribution in [-0.4, -0.2) is 50.4 Å². The van der Waals surface area contributed by atoms with Gasteiger partial charge in [-0.05, 0) is 56.2 Å². The Kier molecular flexibility index (Phi) is 9.81. The van der Waals surface area contributed by atoms with Gasteiger partial charge in [0.25, 0.3) is 0 Å². The number of esters is 1. The Morgan fingerprint density at radius 2 is 1.91 bits per heavy atom. The molecule has 2 rings (SSSR count). The zero-order chi connectivity index (χ0) is 23.5. The van der Waals surface area contributed by atoms with Crippen molar-refractivity contribution in [2.75, 3.05) is 27.3 Å². The Morgan fingerprint density at radius 3 is 2.56 bits per heavy atom. The van der Waals surface area contributed by atoms with Gasteiger partial charge in [-0.2, -0.15) is 0 Å². The van der Waals surface area contributed by atoms with Crippen molar-refractivity contribution in [1.29, 1.82) is 0 Å². The van der Waals surface area contributed by atoms with Gasteiger partial charge in [0.05, 0.1) is 33.0 Å². The summed E-state index contributed by atoms with van der Waals surface area (Å²) in [5.41, 5.74) is 1.99. The second-order valence-corrected chi connectivity index (χ2v) is 7.36. The van der Waals surface area contributed by atoms with Crippen molar-refractivity contribution in [2.24, 2.45) is 4.99 Å². The molecule has 0 heterocycles. The van der Waals surface area contributed by atoms with Gasteiger partial charge < -0.3 is 30.0 Å². The van der Waals surface area contributed by atoms with E-state index < -0.39 is 12.1 Å². The highest BCUT2D eigenvalue weighted by molar-refractivity contribution is 5.92. The minimum Gasteiger partial charge on any atom is -0.496 e. The van der Waals surface area contributed by atoms with Crippen LogP contribution in [-0.2, 0) is 11.3 Å². The van der Waals surface area contributed by atoms with Gasteiger partial charge in [0.15, 0.2) is 5.96 Å². The minimum absolute atomic E-state index is 0.0633. The summed E-state index contributed by atoms with van der Waals surface area (Å²) < 4.78 is 15.8. The standard InChI is InChI=1S/C24H33N3O5/c1-6-25-24(26-14-17-10-11-20(23(29)31-5)22(12-17)30-4)27-15-21(28)18-8-7-9-19(13-18)32-16(2)3/h7-13,16,21,28H,6,14-15H2,1-5H3,(H2,25,26,27). The molecule has 0 amide bonds. The lowest BCUT2D eigenvalue weighted by Crippen LogP contribution is -2.39. The first-order valence-corrected chi connectivity index (χ1v) is 10.6. The van der Waals surface area contributed by atoms with E-state index in [1.54, 1.807) is 18.2 Å². The number of carbonyl (C=O) groups is 1. The summed E-state index contributed by atoms with van der Waals surface area (Å²) in [6, 6.07) is 12.7. The summed E-state index contributed by atoms with van der Waals surface area (Å²) in [5.74, 6) is 1.27. The molecule has 0 aromatic heterocycles. The quantitative estimate of drug-likeness (QED) is 0.295. The van der Waals surface area contributed by atoms with Crippen LogP contribution in [0.5, 0.6) is 11.5 Å². The van der Waals surface area contributed by atoms with Crippen LogP contribution in [0.3, 0.4) is 0 Å². The SMILES string of the molecule is CCNC(=NCc1ccc(C(=O)OC)c(OC)c1)NCC(O)c1cccc(OC(C)C)c1. The molecule has 0 fully saturated rings. The van der Waals surface area contributed by atoms with Crippen LogP contribution in [0.25, 0.3) is 0 Å². The number of hydrogen-bond acceptors (Lipinski definition) is 6. The zero-order valence-electron chi connectivity index (χ0n) is 19.3. The van der Waals surface area contributed by atoms with Gasteiger partial charge >= 0.3 is 5.97 Å². The van der Waals surface area contributed by atoms with Crippen molar-refractivity contribution in [3.8, 4) is 11.5 Å². The summed E-state index contributed by atoms with van der Waals surface area (Å²) in [4.78, 5) is 16.4. The number of aliphatic hydroxyl groups excluding tert-OH is 1.